The van der Waals surface area contributed by atoms with Crippen LogP contribution in [0, 0.1) is 0 Å². The number of nitrogens with zero attached hydrogens (tertiary/aromatic N) is 1. The van der Waals surface area contributed by atoms with Gasteiger partial charge in [0.2, 0.25) is 17.6 Å². The van der Waals surface area contributed by atoms with Crippen LogP contribution in [0.2, 0.25) is 0 Å². The van der Waals surface area contributed by atoms with Crippen LogP contribution < -0.4 is 21.5 Å². The van der Waals surface area contributed by atoms with Crippen LogP contribution in [0.25, 0.3) is 10.2 Å². The Balaban J connectivity index is 0.00000220. The molecule has 0 saturated carbocycles. The van der Waals surface area contributed by atoms with Crippen LogP contribution >= 0.6 is 11.3 Å². The number of rotatable bonds is 8. The summed E-state index contributed by atoms with van der Waals surface area (Å²) in [5.74, 6) is -0.144. The predicted octanol–water partition coefficient (Wildman–Crippen LogP) is 0.706. The topological polar surface area (TPSA) is 30.2 Å². The third-order valence-electron chi connectivity index (χ3n) is 3.29. The Morgan fingerprint density at radius 3 is 2.76 bits per heavy atom. The lowest BCUT2D eigenvalue weighted by molar-refractivity contribution is -0.655. The number of hydrogen-bond donors (Lipinski definition) is 0. The molecule has 0 N–H and O–H groups in total. The van der Waals surface area contributed by atoms with Gasteiger partial charge in [-0.2, -0.15) is 4.57 Å². The van der Waals surface area contributed by atoms with E-state index < -0.39 is 0 Å². The smallest absolute Gasteiger partial charge is 0.372 e. The molecule has 1 aromatic heterocycles. The van der Waals surface area contributed by atoms with E-state index >= 15 is 0 Å². The van der Waals surface area contributed by atoms with E-state index in [1.165, 1.54) is 24.0 Å². The monoisotopic (exact) mass is 371 g/mol. The summed E-state index contributed by atoms with van der Waals surface area (Å²) in [6.45, 7) is 3.05. The van der Waals surface area contributed by atoms with Crippen molar-refractivity contribution in [3.8, 4) is 0 Å². The molecular formula is C16H22BrNO2S. The summed E-state index contributed by atoms with van der Waals surface area (Å²) in [7, 11) is 0. The van der Waals surface area contributed by atoms with Crippen molar-refractivity contribution in [1.82, 2.24) is 0 Å². The lowest BCUT2D eigenvalue weighted by Gasteiger charge is -2.02. The first kappa shape index (κ1) is 18.1. The molecule has 0 aliphatic carbocycles. The summed E-state index contributed by atoms with van der Waals surface area (Å²) in [5, 5.41) is 0. The van der Waals surface area contributed by atoms with E-state index in [9.17, 15) is 4.79 Å². The molecule has 0 spiro atoms. The van der Waals surface area contributed by atoms with Gasteiger partial charge in [-0.25, -0.2) is 4.79 Å². The molecule has 0 bridgehead atoms. The van der Waals surface area contributed by atoms with Gasteiger partial charge < -0.3 is 21.7 Å². The average molecular weight is 372 g/mol. The van der Waals surface area contributed by atoms with Crippen molar-refractivity contribution in [3.63, 3.8) is 0 Å². The van der Waals surface area contributed by atoms with Gasteiger partial charge in [0.15, 0.2) is 0 Å². The largest absolute Gasteiger partial charge is 1.00 e. The fourth-order valence-corrected chi connectivity index (χ4v) is 3.06. The number of para-hydroxylation sites is 1. The zero-order valence-corrected chi connectivity index (χ0v) is 14.8. The molecule has 116 valence electrons. The number of halogens is 1. The number of benzene rings is 1. The van der Waals surface area contributed by atoms with Crippen molar-refractivity contribution in [2.24, 2.45) is 0 Å². The predicted molar refractivity (Wildman–Crippen MR) is 81.7 cm³/mol. The van der Waals surface area contributed by atoms with Crippen LogP contribution in [-0.2, 0) is 16.1 Å². The Labute approximate surface area is 140 Å². The van der Waals surface area contributed by atoms with Gasteiger partial charge in [-0.3, -0.25) is 0 Å². The molecule has 5 heteroatoms. The van der Waals surface area contributed by atoms with E-state index in [2.05, 4.69) is 13.0 Å². The Bertz CT molecular complexity index is 556. The maximum atomic E-state index is 11.8. The van der Waals surface area contributed by atoms with Crippen molar-refractivity contribution < 1.29 is 31.1 Å². The molecule has 0 amide bonds. The van der Waals surface area contributed by atoms with Gasteiger partial charge in [0, 0.05) is 6.07 Å². The molecule has 2 rings (SSSR count). The fourth-order valence-electron chi connectivity index (χ4n) is 2.17. The molecule has 0 aliphatic heterocycles. The van der Waals surface area contributed by atoms with Crippen LogP contribution in [0.1, 0.15) is 39.0 Å². The van der Waals surface area contributed by atoms with Gasteiger partial charge in [0.25, 0.3) is 0 Å². The van der Waals surface area contributed by atoms with Gasteiger partial charge in [0.1, 0.15) is 4.70 Å². The molecule has 0 aliphatic rings. The molecular weight excluding hydrogens is 350 g/mol. The van der Waals surface area contributed by atoms with Crippen LogP contribution in [-0.4, -0.2) is 12.6 Å². The zero-order valence-electron chi connectivity index (χ0n) is 12.4. The van der Waals surface area contributed by atoms with Crippen molar-refractivity contribution in [2.75, 3.05) is 6.61 Å². The third kappa shape index (κ3) is 5.75. The Kier molecular flexibility index (Phi) is 8.54. The van der Waals surface area contributed by atoms with Crippen LogP contribution in [0.5, 0.6) is 0 Å². The lowest BCUT2D eigenvalue weighted by Crippen LogP contribution is -3.00. The number of esters is 1. The highest BCUT2D eigenvalue weighted by atomic mass is 79.9. The van der Waals surface area contributed by atoms with Crippen LogP contribution in [0.3, 0.4) is 0 Å². The van der Waals surface area contributed by atoms with E-state index in [4.69, 9.17) is 4.74 Å². The minimum Gasteiger partial charge on any atom is -1.00 e. The summed E-state index contributed by atoms with van der Waals surface area (Å²) in [6.07, 6.45) is 5.86. The normalized spacial score (nSPS) is 10.3. The fraction of sp³-hybridized carbons (Fsp3) is 0.500. The molecule has 0 atom stereocenters. The summed E-state index contributed by atoms with van der Waals surface area (Å²) in [5.41, 5.74) is 3.07. The molecule has 2 aromatic rings. The summed E-state index contributed by atoms with van der Waals surface area (Å²) in [6, 6.07) is 8.10. The van der Waals surface area contributed by atoms with E-state index in [0.29, 0.717) is 13.2 Å². The number of thiazole rings is 1. The van der Waals surface area contributed by atoms with Gasteiger partial charge in [-0.1, -0.05) is 56.1 Å². The first-order valence-corrected chi connectivity index (χ1v) is 8.20. The third-order valence-corrected chi connectivity index (χ3v) is 4.25. The lowest BCUT2D eigenvalue weighted by atomic mass is 10.2. The molecule has 0 saturated heterocycles. The summed E-state index contributed by atoms with van der Waals surface area (Å²) >= 11 is 1.65. The highest BCUT2D eigenvalue weighted by Gasteiger charge is 2.16. The second-order valence-electron chi connectivity index (χ2n) is 4.95. The molecule has 0 unspecified atom stereocenters. The minimum absolute atomic E-state index is 0. The van der Waals surface area contributed by atoms with Gasteiger partial charge >= 0.3 is 5.97 Å². The van der Waals surface area contributed by atoms with E-state index in [0.717, 1.165) is 18.4 Å². The number of unbranched alkanes of at least 4 members (excludes halogenated alkanes) is 4. The Morgan fingerprint density at radius 2 is 1.95 bits per heavy atom. The van der Waals surface area contributed by atoms with Crippen LogP contribution in [0.15, 0.2) is 29.8 Å². The van der Waals surface area contributed by atoms with Gasteiger partial charge in [0.05, 0.1) is 6.61 Å². The first-order chi connectivity index (χ1) is 9.81. The van der Waals surface area contributed by atoms with Crippen LogP contribution in [0.4, 0.5) is 0 Å². The number of carbonyl (C=O) groups excluding carboxylic acids is 1. The zero-order chi connectivity index (χ0) is 14.2. The van der Waals surface area contributed by atoms with Crippen molar-refractivity contribution in [2.45, 2.75) is 45.6 Å². The van der Waals surface area contributed by atoms with Gasteiger partial charge in [-0.15, -0.1) is 0 Å². The van der Waals surface area contributed by atoms with Crippen molar-refractivity contribution in [1.29, 1.82) is 0 Å². The first-order valence-electron chi connectivity index (χ1n) is 7.32. The number of carbonyl (C=O) groups is 1. The Morgan fingerprint density at radius 1 is 1.19 bits per heavy atom. The minimum atomic E-state index is -0.144. The second-order valence-corrected chi connectivity index (χ2v) is 5.84. The quantitative estimate of drug-likeness (QED) is 0.388. The van der Waals surface area contributed by atoms with E-state index in [1.807, 2.05) is 28.3 Å². The number of ether oxygens (including phenoxy) is 1. The van der Waals surface area contributed by atoms with Gasteiger partial charge in [-0.05, 0) is 12.5 Å². The highest BCUT2D eigenvalue weighted by molar-refractivity contribution is 7.16. The highest BCUT2D eigenvalue weighted by Crippen LogP contribution is 2.14. The van der Waals surface area contributed by atoms with Crippen molar-refractivity contribution in [3.05, 3.63) is 29.8 Å². The molecule has 21 heavy (non-hydrogen) atoms. The molecule has 1 heterocycles. The second kappa shape index (κ2) is 9.90. The molecule has 1 aromatic carbocycles. The maximum Gasteiger partial charge on any atom is 0.372 e. The number of aromatic nitrogens is 1. The number of fused-ring (bicyclic) bond motifs is 1. The summed E-state index contributed by atoms with van der Waals surface area (Å²) < 4.78 is 8.44. The average Bonchev–Trinajstić information content (AvgIpc) is 2.86. The Hall–Kier alpha value is -0.940. The summed E-state index contributed by atoms with van der Waals surface area (Å²) in [4.78, 5) is 11.8. The number of hydrogen-bond acceptors (Lipinski definition) is 3. The van der Waals surface area contributed by atoms with Crippen molar-refractivity contribution >= 4 is 27.5 Å². The van der Waals surface area contributed by atoms with E-state index in [-0.39, 0.29) is 23.0 Å². The SMILES string of the molecule is CCCCCCCOC(=O)C[n+]1csc2ccccc21.[Br-]. The molecule has 0 radical (unpaired) electrons. The maximum absolute atomic E-state index is 11.8. The molecule has 0 fully saturated rings. The molecule has 3 nitrogen and oxygen atoms in total. The van der Waals surface area contributed by atoms with E-state index in [1.54, 1.807) is 11.3 Å². The standard InChI is InChI=1S/C16H22NO2S.BrH/c1-2-3-4-5-8-11-19-16(18)12-17-13-20-15-10-7-6-9-14(15)17;/h6-7,9-10,13H,2-5,8,11-12H2,1H3;1H/q+1;/p-1.